The lowest BCUT2D eigenvalue weighted by Gasteiger charge is -2.35. The highest BCUT2D eigenvalue weighted by molar-refractivity contribution is 7.13. The van der Waals surface area contributed by atoms with Gasteiger partial charge >= 0.3 is 0 Å². The Labute approximate surface area is 196 Å². The van der Waals surface area contributed by atoms with Crippen LogP contribution < -0.4 is 10.2 Å². The van der Waals surface area contributed by atoms with Crippen LogP contribution in [0.25, 0.3) is 10.1 Å². The van der Waals surface area contributed by atoms with Gasteiger partial charge in [0.2, 0.25) is 0 Å². The van der Waals surface area contributed by atoms with E-state index >= 15 is 0 Å². The van der Waals surface area contributed by atoms with E-state index in [9.17, 15) is 9.18 Å². The number of hydrogen-bond acceptors (Lipinski definition) is 5. The van der Waals surface area contributed by atoms with Gasteiger partial charge in [0.05, 0.1) is 4.70 Å². The summed E-state index contributed by atoms with van der Waals surface area (Å²) in [6.45, 7) is 4.91. The number of benzene rings is 3. The molecule has 0 atom stereocenters. The van der Waals surface area contributed by atoms with Gasteiger partial charge in [0.25, 0.3) is 5.91 Å². The summed E-state index contributed by atoms with van der Waals surface area (Å²) in [6.07, 6.45) is 0.906. The van der Waals surface area contributed by atoms with Gasteiger partial charge in [-0.3, -0.25) is 9.69 Å². The molecule has 1 aliphatic heterocycles. The molecule has 1 aliphatic rings. The van der Waals surface area contributed by atoms with Gasteiger partial charge in [0.1, 0.15) is 11.6 Å². The predicted octanol–water partition coefficient (Wildman–Crippen LogP) is 5.05. The number of nitrogens with one attached hydrogen (secondary N) is 1. The second-order valence-corrected chi connectivity index (χ2v) is 9.05. The first kappa shape index (κ1) is 21.6. The van der Waals surface area contributed by atoms with E-state index in [-0.39, 0.29) is 5.91 Å². The molecule has 0 radical (unpaired) electrons. The summed E-state index contributed by atoms with van der Waals surface area (Å²) in [5.74, 6) is 0.383. The van der Waals surface area contributed by atoms with Crippen LogP contribution >= 0.6 is 11.5 Å². The fourth-order valence-electron chi connectivity index (χ4n) is 4.21. The number of piperazine rings is 1. The molecule has 4 aromatic rings. The van der Waals surface area contributed by atoms with Crippen LogP contribution in [-0.4, -0.2) is 47.9 Å². The minimum absolute atomic E-state index is 0.308. The molecule has 1 fully saturated rings. The lowest BCUT2D eigenvalue weighted by Crippen LogP contribution is -2.47. The van der Waals surface area contributed by atoms with E-state index in [0.717, 1.165) is 50.6 Å². The molecule has 1 saturated heterocycles. The highest BCUT2D eigenvalue weighted by Gasteiger charge is 2.20. The van der Waals surface area contributed by atoms with E-state index in [4.69, 9.17) is 4.37 Å². The molecule has 1 amide bonds. The van der Waals surface area contributed by atoms with Crippen molar-refractivity contribution in [3.8, 4) is 0 Å². The number of carbonyl (C=O) groups excluding carboxylic acids is 1. The molecule has 5 rings (SSSR count). The summed E-state index contributed by atoms with van der Waals surface area (Å²) in [7, 11) is 0. The van der Waals surface area contributed by atoms with Crippen LogP contribution in [0.1, 0.15) is 15.9 Å². The average Bonchev–Trinajstić information content (AvgIpc) is 3.28. The lowest BCUT2D eigenvalue weighted by atomic mass is 10.1. The molecule has 2 heterocycles. The molecule has 0 aliphatic carbocycles. The van der Waals surface area contributed by atoms with E-state index in [0.29, 0.717) is 5.56 Å². The fraction of sp³-hybridized carbons (Fsp3) is 0.231. The van der Waals surface area contributed by atoms with Gasteiger partial charge < -0.3 is 10.2 Å². The SMILES string of the molecule is O=C(Nc1cccc(CCN2CCN(c3nsc4ccccc34)CC2)c1)c1cccc(F)c1. The zero-order valence-electron chi connectivity index (χ0n) is 18.2. The van der Waals surface area contributed by atoms with Crippen molar-refractivity contribution in [2.45, 2.75) is 6.42 Å². The number of carbonyl (C=O) groups is 1. The van der Waals surface area contributed by atoms with E-state index in [1.807, 2.05) is 18.2 Å². The van der Waals surface area contributed by atoms with Gasteiger partial charge in [-0.05, 0) is 66.0 Å². The Morgan fingerprint density at radius 2 is 1.79 bits per heavy atom. The molecular formula is C26H25FN4OS. The smallest absolute Gasteiger partial charge is 0.255 e. The molecule has 0 bridgehead atoms. The first-order chi connectivity index (χ1) is 16.2. The maximum absolute atomic E-state index is 13.4. The zero-order chi connectivity index (χ0) is 22.6. The maximum atomic E-state index is 13.4. The number of hydrogen-bond donors (Lipinski definition) is 1. The van der Waals surface area contributed by atoms with Gasteiger partial charge in [0, 0.05) is 49.4 Å². The molecule has 0 spiro atoms. The monoisotopic (exact) mass is 460 g/mol. The largest absolute Gasteiger partial charge is 0.353 e. The maximum Gasteiger partial charge on any atom is 0.255 e. The molecule has 168 valence electrons. The molecular weight excluding hydrogens is 435 g/mol. The Morgan fingerprint density at radius 3 is 2.64 bits per heavy atom. The third kappa shape index (κ3) is 5.05. The Hall–Kier alpha value is -3.29. The van der Waals surface area contributed by atoms with Crippen LogP contribution in [0.2, 0.25) is 0 Å². The first-order valence-corrected chi connectivity index (χ1v) is 11.9. The molecule has 0 unspecified atom stereocenters. The Kier molecular flexibility index (Phi) is 6.32. The average molecular weight is 461 g/mol. The van der Waals surface area contributed by atoms with Crippen LogP contribution in [0.5, 0.6) is 0 Å². The van der Waals surface area contributed by atoms with Crippen molar-refractivity contribution in [1.82, 2.24) is 9.27 Å². The van der Waals surface area contributed by atoms with Crippen molar-refractivity contribution >= 4 is 39.0 Å². The number of halogens is 1. The van der Waals surface area contributed by atoms with Crippen molar-refractivity contribution in [3.05, 3.63) is 89.7 Å². The predicted molar refractivity (Wildman–Crippen MR) is 133 cm³/mol. The second-order valence-electron chi connectivity index (χ2n) is 8.25. The van der Waals surface area contributed by atoms with Crippen molar-refractivity contribution in [2.75, 3.05) is 42.9 Å². The van der Waals surface area contributed by atoms with Crippen LogP contribution in [-0.2, 0) is 6.42 Å². The minimum Gasteiger partial charge on any atom is -0.353 e. The highest BCUT2D eigenvalue weighted by atomic mass is 32.1. The summed E-state index contributed by atoms with van der Waals surface area (Å²) in [5, 5.41) is 4.11. The van der Waals surface area contributed by atoms with Crippen LogP contribution in [0, 0.1) is 5.82 Å². The van der Waals surface area contributed by atoms with E-state index < -0.39 is 5.82 Å². The van der Waals surface area contributed by atoms with Gasteiger partial charge in [-0.15, -0.1) is 0 Å². The van der Waals surface area contributed by atoms with E-state index in [2.05, 4.69) is 45.4 Å². The number of aromatic nitrogens is 1. The summed E-state index contributed by atoms with van der Waals surface area (Å²) in [6, 6.07) is 22.0. The van der Waals surface area contributed by atoms with Gasteiger partial charge in [0.15, 0.2) is 0 Å². The summed E-state index contributed by atoms with van der Waals surface area (Å²) in [5.41, 5.74) is 2.20. The van der Waals surface area contributed by atoms with E-state index in [1.54, 1.807) is 17.6 Å². The molecule has 1 aromatic heterocycles. The highest BCUT2D eigenvalue weighted by Crippen LogP contribution is 2.29. The quantitative estimate of drug-likeness (QED) is 0.437. The number of anilines is 2. The molecule has 3 aromatic carbocycles. The second kappa shape index (κ2) is 9.68. The van der Waals surface area contributed by atoms with E-state index in [1.165, 1.54) is 33.8 Å². The van der Waals surface area contributed by atoms with Crippen molar-refractivity contribution in [1.29, 1.82) is 0 Å². The third-order valence-electron chi connectivity index (χ3n) is 6.02. The number of amides is 1. The number of fused-ring (bicyclic) bond motifs is 1. The van der Waals surface area contributed by atoms with Gasteiger partial charge in [-0.25, -0.2) is 4.39 Å². The minimum atomic E-state index is -0.417. The zero-order valence-corrected chi connectivity index (χ0v) is 19.0. The van der Waals surface area contributed by atoms with Gasteiger partial charge in [-0.2, -0.15) is 4.37 Å². The van der Waals surface area contributed by atoms with Crippen molar-refractivity contribution < 1.29 is 9.18 Å². The van der Waals surface area contributed by atoms with Crippen LogP contribution in [0.15, 0.2) is 72.8 Å². The third-order valence-corrected chi connectivity index (χ3v) is 6.84. The Bertz CT molecular complexity index is 1270. The molecule has 1 N–H and O–H groups in total. The van der Waals surface area contributed by atoms with Crippen LogP contribution in [0.3, 0.4) is 0 Å². The Balaban J connectivity index is 1.14. The molecule has 33 heavy (non-hydrogen) atoms. The fourth-order valence-corrected chi connectivity index (χ4v) is 5.00. The van der Waals surface area contributed by atoms with Crippen LogP contribution in [0.4, 0.5) is 15.9 Å². The normalized spacial score (nSPS) is 14.5. The molecule has 7 heteroatoms. The summed E-state index contributed by atoms with van der Waals surface area (Å²) < 4.78 is 19.3. The van der Waals surface area contributed by atoms with Gasteiger partial charge in [-0.1, -0.05) is 30.3 Å². The number of nitrogens with zero attached hydrogens (tertiary/aromatic N) is 3. The Morgan fingerprint density at radius 1 is 0.970 bits per heavy atom. The molecule has 5 nitrogen and oxygen atoms in total. The standard InChI is InChI=1S/C26H25FN4OS/c27-21-7-4-6-20(18-21)26(32)28-22-8-3-5-19(17-22)11-12-30-13-15-31(16-14-30)25-23-9-1-2-10-24(23)33-29-25/h1-10,17-18H,11-16H2,(H,28,32). The topological polar surface area (TPSA) is 48.5 Å². The summed E-state index contributed by atoms with van der Waals surface area (Å²) >= 11 is 1.57. The van der Waals surface area contributed by atoms with Crippen molar-refractivity contribution in [3.63, 3.8) is 0 Å². The van der Waals surface area contributed by atoms with Crippen molar-refractivity contribution in [2.24, 2.45) is 0 Å². The summed E-state index contributed by atoms with van der Waals surface area (Å²) in [4.78, 5) is 17.3. The first-order valence-electron chi connectivity index (χ1n) is 11.1. The molecule has 0 saturated carbocycles. The number of rotatable bonds is 6. The lowest BCUT2D eigenvalue weighted by molar-refractivity contribution is 0.102.